The second kappa shape index (κ2) is 5.47. The minimum atomic E-state index is -3.68. The molecule has 0 radical (unpaired) electrons. The molecule has 88 valence electrons. The smallest absolute Gasteiger partial charge is 0.194 e. The van der Waals surface area contributed by atoms with Gasteiger partial charge in [-0.25, -0.2) is 8.42 Å². The third-order valence-corrected chi connectivity index (χ3v) is 4.63. The van der Waals surface area contributed by atoms with Gasteiger partial charge < -0.3 is 0 Å². The summed E-state index contributed by atoms with van der Waals surface area (Å²) in [7, 11) is -3.68. The summed E-state index contributed by atoms with van der Waals surface area (Å²) in [4.78, 5) is 0.122. The van der Waals surface area contributed by atoms with E-state index in [1.165, 1.54) is 12.1 Å². The molecule has 0 spiro atoms. The molecule has 0 aliphatic heterocycles. The topological polar surface area (TPSA) is 81.7 Å². The summed E-state index contributed by atoms with van der Waals surface area (Å²) in [5.74, 6) is -0.504. The van der Waals surface area contributed by atoms with E-state index < -0.39 is 21.0 Å². The average molecular weight is 248 g/mol. The van der Waals surface area contributed by atoms with Gasteiger partial charge in [-0.1, -0.05) is 25.1 Å². The fraction of sp³-hybridized carbons (Fsp3) is 0.333. The Morgan fingerprint density at radius 2 is 1.82 bits per heavy atom. The fourth-order valence-corrected chi connectivity index (χ4v) is 3.19. The molecular weight excluding hydrogens is 236 g/mol. The monoisotopic (exact) mass is 248 g/mol. The molecule has 0 fully saturated rings. The highest BCUT2D eigenvalue weighted by Crippen LogP contribution is 2.22. The van der Waals surface area contributed by atoms with E-state index >= 15 is 0 Å². The van der Waals surface area contributed by atoms with Crippen LogP contribution in [0, 0.1) is 28.6 Å². The number of sulfone groups is 1. The Morgan fingerprint density at radius 1 is 1.24 bits per heavy atom. The van der Waals surface area contributed by atoms with Gasteiger partial charge >= 0.3 is 0 Å². The zero-order chi connectivity index (χ0) is 12.9. The summed E-state index contributed by atoms with van der Waals surface area (Å²) in [6.07, 6.45) is 0.0459. The Morgan fingerprint density at radius 3 is 2.29 bits per heavy atom. The van der Waals surface area contributed by atoms with Crippen LogP contribution in [-0.4, -0.2) is 13.7 Å². The summed E-state index contributed by atoms with van der Waals surface area (Å²) >= 11 is 0. The van der Waals surface area contributed by atoms with Crippen molar-refractivity contribution in [2.75, 3.05) is 0 Å². The minimum Gasteiger partial charge on any atom is -0.222 e. The first-order chi connectivity index (χ1) is 8.04. The first-order valence-corrected chi connectivity index (χ1v) is 6.64. The van der Waals surface area contributed by atoms with Gasteiger partial charge in [0.2, 0.25) is 0 Å². The summed E-state index contributed by atoms with van der Waals surface area (Å²) in [6, 6.07) is 11.5. The molecule has 0 bridgehead atoms. The Balaban J connectivity index is 3.14. The molecule has 0 aliphatic carbocycles. The lowest BCUT2D eigenvalue weighted by atomic mass is 10.1. The Kier molecular flexibility index (Phi) is 4.25. The maximum atomic E-state index is 12.1. The molecule has 0 aromatic heterocycles. The number of hydrogen-bond donors (Lipinski definition) is 0. The van der Waals surface area contributed by atoms with Gasteiger partial charge in [0.1, 0.15) is 0 Å². The zero-order valence-electron chi connectivity index (χ0n) is 9.37. The van der Waals surface area contributed by atoms with Crippen LogP contribution >= 0.6 is 0 Å². The van der Waals surface area contributed by atoms with Crippen LogP contribution in [0.1, 0.15) is 13.3 Å². The molecule has 2 atom stereocenters. The van der Waals surface area contributed by atoms with Crippen molar-refractivity contribution in [3.8, 4) is 12.1 Å². The fourth-order valence-electron chi connectivity index (χ4n) is 1.51. The Hall–Kier alpha value is -1.85. The van der Waals surface area contributed by atoms with E-state index in [-0.39, 0.29) is 11.3 Å². The maximum absolute atomic E-state index is 12.1. The normalized spacial score (nSPS) is 14.3. The van der Waals surface area contributed by atoms with Gasteiger partial charge in [0.25, 0.3) is 0 Å². The summed E-state index contributed by atoms with van der Waals surface area (Å²) in [5.41, 5.74) is 0. The van der Waals surface area contributed by atoms with Crippen LogP contribution in [0.25, 0.3) is 0 Å². The molecule has 0 heterocycles. The van der Waals surface area contributed by atoms with Crippen LogP contribution in [0.4, 0.5) is 0 Å². The first-order valence-electron chi connectivity index (χ1n) is 5.09. The highest BCUT2D eigenvalue weighted by molar-refractivity contribution is 7.92. The van der Waals surface area contributed by atoms with Crippen molar-refractivity contribution in [2.45, 2.75) is 23.5 Å². The lowest BCUT2D eigenvalue weighted by Gasteiger charge is -2.15. The largest absolute Gasteiger partial charge is 0.222 e. The van der Waals surface area contributed by atoms with Gasteiger partial charge in [0, 0.05) is 6.42 Å². The van der Waals surface area contributed by atoms with Crippen LogP contribution in [0.5, 0.6) is 0 Å². The van der Waals surface area contributed by atoms with Crippen LogP contribution in [0.15, 0.2) is 35.2 Å². The summed E-state index contributed by atoms with van der Waals surface area (Å²) in [5, 5.41) is 16.4. The third-order valence-electron chi connectivity index (χ3n) is 2.46. The van der Waals surface area contributed by atoms with E-state index in [0.29, 0.717) is 0 Å². The van der Waals surface area contributed by atoms with Gasteiger partial charge in [0.05, 0.1) is 17.0 Å². The molecule has 2 unspecified atom stereocenters. The van der Waals surface area contributed by atoms with E-state index in [1.54, 1.807) is 31.2 Å². The predicted octanol–water partition coefficient (Wildman–Crippen LogP) is 1.90. The molecule has 4 nitrogen and oxygen atoms in total. The number of benzene rings is 1. The SMILES string of the molecule is CC(CC#N)C(C#N)S(=O)(=O)c1ccccc1. The van der Waals surface area contributed by atoms with Crippen molar-refractivity contribution < 1.29 is 8.42 Å². The quantitative estimate of drug-likeness (QED) is 0.814. The molecule has 5 heteroatoms. The van der Waals surface area contributed by atoms with Gasteiger partial charge in [-0.05, 0) is 18.1 Å². The number of nitriles is 2. The highest BCUT2D eigenvalue weighted by Gasteiger charge is 2.32. The third kappa shape index (κ3) is 2.83. The van der Waals surface area contributed by atoms with Gasteiger partial charge in [0.15, 0.2) is 15.1 Å². The minimum absolute atomic E-state index is 0.0459. The molecular formula is C12H12N2O2S. The Bertz CT molecular complexity index is 552. The molecule has 0 saturated heterocycles. The first kappa shape index (κ1) is 13.2. The molecule has 1 aromatic rings. The van der Waals surface area contributed by atoms with Crippen LogP contribution in [-0.2, 0) is 9.84 Å². The van der Waals surface area contributed by atoms with E-state index in [0.717, 1.165) is 0 Å². The van der Waals surface area contributed by atoms with Crippen molar-refractivity contribution in [3.63, 3.8) is 0 Å². The second-order valence-electron chi connectivity index (χ2n) is 3.75. The second-order valence-corrected chi connectivity index (χ2v) is 5.82. The molecule has 0 aliphatic rings. The number of rotatable bonds is 4. The average Bonchev–Trinajstić information content (AvgIpc) is 2.31. The number of nitrogens with zero attached hydrogens (tertiary/aromatic N) is 2. The predicted molar refractivity (Wildman–Crippen MR) is 62.4 cm³/mol. The van der Waals surface area contributed by atoms with Crippen molar-refractivity contribution >= 4 is 9.84 Å². The van der Waals surface area contributed by atoms with Gasteiger partial charge in [-0.2, -0.15) is 10.5 Å². The van der Waals surface area contributed by atoms with Crippen molar-refractivity contribution in [2.24, 2.45) is 5.92 Å². The molecule has 0 N–H and O–H groups in total. The maximum Gasteiger partial charge on any atom is 0.194 e. The Labute approximate surface area is 101 Å². The van der Waals surface area contributed by atoms with Crippen LogP contribution in [0.2, 0.25) is 0 Å². The van der Waals surface area contributed by atoms with E-state index in [2.05, 4.69) is 0 Å². The zero-order valence-corrected chi connectivity index (χ0v) is 10.2. The van der Waals surface area contributed by atoms with Gasteiger partial charge in [-0.15, -0.1) is 0 Å². The van der Waals surface area contributed by atoms with E-state index in [9.17, 15) is 8.42 Å². The number of hydrogen-bond acceptors (Lipinski definition) is 4. The van der Waals surface area contributed by atoms with Crippen LogP contribution < -0.4 is 0 Å². The lowest BCUT2D eigenvalue weighted by Crippen LogP contribution is -2.26. The molecule has 1 rings (SSSR count). The van der Waals surface area contributed by atoms with E-state index in [4.69, 9.17) is 10.5 Å². The molecule has 0 amide bonds. The van der Waals surface area contributed by atoms with E-state index in [1.807, 2.05) is 6.07 Å². The highest BCUT2D eigenvalue weighted by atomic mass is 32.2. The standard InChI is InChI=1S/C12H12N2O2S/c1-10(7-8-13)12(9-14)17(15,16)11-5-3-2-4-6-11/h2-6,10,12H,7H2,1H3. The van der Waals surface area contributed by atoms with Crippen molar-refractivity contribution in [3.05, 3.63) is 30.3 Å². The summed E-state index contributed by atoms with van der Waals surface area (Å²) < 4.78 is 24.3. The summed E-state index contributed by atoms with van der Waals surface area (Å²) in [6.45, 7) is 1.59. The lowest BCUT2D eigenvalue weighted by molar-refractivity contribution is 0.549. The molecule has 0 saturated carbocycles. The van der Waals surface area contributed by atoms with Crippen LogP contribution in [0.3, 0.4) is 0 Å². The molecule has 17 heavy (non-hydrogen) atoms. The van der Waals surface area contributed by atoms with Crippen molar-refractivity contribution in [1.82, 2.24) is 0 Å². The van der Waals surface area contributed by atoms with Crippen molar-refractivity contribution in [1.29, 1.82) is 10.5 Å². The molecule has 1 aromatic carbocycles. The van der Waals surface area contributed by atoms with Gasteiger partial charge in [-0.3, -0.25) is 0 Å².